The van der Waals surface area contributed by atoms with E-state index in [0.29, 0.717) is 19.1 Å². The zero-order chi connectivity index (χ0) is 19.1. The second kappa shape index (κ2) is 12.7. The highest BCUT2D eigenvalue weighted by Crippen LogP contribution is 2.15. The molecule has 0 unspecified atom stereocenters. The van der Waals surface area contributed by atoms with Crippen LogP contribution in [-0.2, 0) is 9.53 Å². The number of nitrogens with zero attached hydrogens (tertiary/aromatic N) is 3. The highest BCUT2D eigenvalue weighted by Gasteiger charge is 2.28. The van der Waals surface area contributed by atoms with Crippen molar-refractivity contribution in [2.24, 2.45) is 0 Å². The van der Waals surface area contributed by atoms with E-state index in [-0.39, 0.29) is 37.4 Å². The Labute approximate surface area is 184 Å². The molecule has 8 nitrogen and oxygen atoms in total. The van der Waals surface area contributed by atoms with Crippen LogP contribution in [0, 0.1) is 0 Å². The molecular formula is C19H31Cl2N5O3. The number of nitrogens with one attached hydrogen (secondary N) is 2. The Balaban J connectivity index is 0.00000210. The molecule has 0 spiro atoms. The average Bonchev–Trinajstić information content (AvgIpc) is 2.74. The van der Waals surface area contributed by atoms with E-state index in [1.54, 1.807) is 0 Å². The monoisotopic (exact) mass is 447 g/mol. The molecule has 0 aliphatic carbocycles. The maximum Gasteiger partial charge on any atom is 0.336 e. The van der Waals surface area contributed by atoms with E-state index < -0.39 is 5.97 Å². The van der Waals surface area contributed by atoms with Crippen molar-refractivity contribution in [1.82, 2.24) is 20.5 Å². The lowest BCUT2D eigenvalue weighted by Gasteiger charge is -2.41. The molecular weight excluding hydrogens is 417 g/mol. The molecule has 0 saturated carbocycles. The SMILES string of the molecule is COC(=O)CN(NC(=O)N1CCN(C2CCNCC2)CC1)c1ccccc1.Cl.Cl. The van der Waals surface area contributed by atoms with Crippen molar-refractivity contribution < 1.29 is 14.3 Å². The van der Waals surface area contributed by atoms with Crippen LogP contribution in [-0.4, -0.2) is 80.8 Å². The molecule has 29 heavy (non-hydrogen) atoms. The Morgan fingerprint density at radius 3 is 2.31 bits per heavy atom. The lowest BCUT2D eigenvalue weighted by Crippen LogP contribution is -2.58. The van der Waals surface area contributed by atoms with Gasteiger partial charge in [0.15, 0.2) is 0 Å². The number of carbonyl (C=O) groups excluding carboxylic acids is 2. The number of piperidine rings is 1. The zero-order valence-corrected chi connectivity index (χ0v) is 18.3. The lowest BCUT2D eigenvalue weighted by atomic mass is 10.0. The van der Waals surface area contributed by atoms with E-state index in [4.69, 9.17) is 4.74 Å². The predicted molar refractivity (Wildman–Crippen MR) is 118 cm³/mol. The number of benzene rings is 1. The molecule has 164 valence electrons. The van der Waals surface area contributed by atoms with Gasteiger partial charge in [-0.3, -0.25) is 14.7 Å². The van der Waals surface area contributed by atoms with Crippen molar-refractivity contribution in [2.45, 2.75) is 18.9 Å². The normalized spacial score (nSPS) is 17.5. The third-order valence-electron chi connectivity index (χ3n) is 5.24. The standard InChI is InChI=1S/C19H29N5O3.2ClH/c1-27-18(25)15-24(17-5-3-2-4-6-17)21-19(26)23-13-11-22(12-14-23)16-7-9-20-10-8-16;;/h2-6,16,20H,7-15H2,1H3,(H,21,26);2*1H. The van der Waals surface area contributed by atoms with Gasteiger partial charge in [-0.1, -0.05) is 18.2 Å². The Morgan fingerprint density at radius 1 is 1.10 bits per heavy atom. The summed E-state index contributed by atoms with van der Waals surface area (Å²) in [5, 5.41) is 4.93. The fraction of sp³-hybridized carbons (Fsp3) is 0.579. The van der Waals surface area contributed by atoms with Crippen molar-refractivity contribution in [3.63, 3.8) is 0 Å². The highest BCUT2D eigenvalue weighted by molar-refractivity contribution is 5.85. The Kier molecular flexibility index (Phi) is 11.1. The molecule has 2 N–H and O–H groups in total. The van der Waals surface area contributed by atoms with Gasteiger partial charge in [0, 0.05) is 32.2 Å². The van der Waals surface area contributed by atoms with Gasteiger partial charge in [0.1, 0.15) is 6.54 Å². The molecule has 3 rings (SSSR count). The van der Waals surface area contributed by atoms with E-state index >= 15 is 0 Å². The molecule has 1 aromatic carbocycles. The molecule has 2 fully saturated rings. The van der Waals surface area contributed by atoms with Gasteiger partial charge >= 0.3 is 12.0 Å². The van der Waals surface area contributed by atoms with Gasteiger partial charge in [-0.2, -0.15) is 0 Å². The Morgan fingerprint density at radius 2 is 1.72 bits per heavy atom. The Bertz CT molecular complexity index is 624. The van der Waals surface area contributed by atoms with Crippen LogP contribution < -0.4 is 15.8 Å². The van der Waals surface area contributed by atoms with Crippen LogP contribution in [0.15, 0.2) is 30.3 Å². The van der Waals surface area contributed by atoms with Crippen molar-refractivity contribution in [2.75, 3.05) is 57.9 Å². The van der Waals surface area contributed by atoms with Crippen molar-refractivity contribution >= 4 is 42.5 Å². The van der Waals surface area contributed by atoms with E-state index in [2.05, 4.69) is 15.6 Å². The zero-order valence-electron chi connectivity index (χ0n) is 16.7. The van der Waals surface area contributed by atoms with Crippen LogP contribution >= 0.6 is 24.8 Å². The number of urea groups is 1. The average molecular weight is 448 g/mol. The predicted octanol–water partition coefficient (Wildman–Crippen LogP) is 1.50. The second-order valence-electron chi connectivity index (χ2n) is 6.92. The fourth-order valence-electron chi connectivity index (χ4n) is 3.65. The minimum absolute atomic E-state index is 0. The quantitative estimate of drug-likeness (QED) is 0.526. The summed E-state index contributed by atoms with van der Waals surface area (Å²) in [7, 11) is 1.34. The maximum atomic E-state index is 12.7. The molecule has 2 aliphatic rings. The minimum Gasteiger partial charge on any atom is -0.468 e. The van der Waals surface area contributed by atoms with E-state index in [9.17, 15) is 9.59 Å². The van der Waals surface area contributed by atoms with E-state index in [1.165, 1.54) is 25.0 Å². The summed E-state index contributed by atoms with van der Waals surface area (Å²) < 4.78 is 4.75. The molecule has 10 heteroatoms. The topological polar surface area (TPSA) is 77.2 Å². The molecule has 0 radical (unpaired) electrons. The molecule has 1 aromatic rings. The summed E-state index contributed by atoms with van der Waals surface area (Å²) in [6.45, 7) is 5.27. The van der Waals surface area contributed by atoms with Crippen LogP contribution in [0.4, 0.5) is 10.5 Å². The van der Waals surface area contributed by atoms with Crippen LogP contribution in [0.1, 0.15) is 12.8 Å². The van der Waals surface area contributed by atoms with Crippen molar-refractivity contribution in [3.05, 3.63) is 30.3 Å². The summed E-state index contributed by atoms with van der Waals surface area (Å²) in [5.74, 6) is -0.408. The van der Waals surface area contributed by atoms with Gasteiger partial charge in [-0.25, -0.2) is 10.2 Å². The van der Waals surface area contributed by atoms with E-state index in [0.717, 1.165) is 31.9 Å². The maximum absolute atomic E-state index is 12.7. The number of piperazine rings is 1. The lowest BCUT2D eigenvalue weighted by molar-refractivity contribution is -0.139. The second-order valence-corrected chi connectivity index (χ2v) is 6.92. The molecule has 2 amide bonds. The summed E-state index contributed by atoms with van der Waals surface area (Å²) in [6, 6.07) is 9.75. The number of methoxy groups -OCH3 is 1. The molecule has 2 aliphatic heterocycles. The summed E-state index contributed by atoms with van der Waals surface area (Å²) >= 11 is 0. The number of hydrogen-bond donors (Lipinski definition) is 2. The summed E-state index contributed by atoms with van der Waals surface area (Å²) in [5.41, 5.74) is 3.59. The number of carbonyl (C=O) groups is 2. The summed E-state index contributed by atoms with van der Waals surface area (Å²) in [6.07, 6.45) is 2.35. The molecule has 2 heterocycles. The third kappa shape index (κ3) is 7.22. The van der Waals surface area contributed by atoms with Gasteiger partial charge in [0.2, 0.25) is 0 Å². The number of esters is 1. The minimum atomic E-state index is -0.408. The number of hydrogen-bond acceptors (Lipinski definition) is 6. The van der Waals surface area contributed by atoms with Gasteiger partial charge in [0.05, 0.1) is 12.8 Å². The van der Waals surface area contributed by atoms with Crippen molar-refractivity contribution in [1.29, 1.82) is 0 Å². The first-order chi connectivity index (χ1) is 13.2. The molecule has 0 aromatic heterocycles. The molecule has 2 saturated heterocycles. The number of amides is 2. The number of ether oxygens (including phenoxy) is 1. The van der Waals surface area contributed by atoms with Crippen LogP contribution in [0.3, 0.4) is 0 Å². The van der Waals surface area contributed by atoms with Gasteiger partial charge < -0.3 is 15.0 Å². The molecule has 0 bridgehead atoms. The van der Waals surface area contributed by atoms with Gasteiger partial charge in [-0.15, -0.1) is 24.8 Å². The van der Waals surface area contributed by atoms with Crippen molar-refractivity contribution in [3.8, 4) is 0 Å². The van der Waals surface area contributed by atoms with Gasteiger partial charge in [0.25, 0.3) is 0 Å². The first kappa shape index (κ1) is 25.3. The number of hydrazine groups is 1. The third-order valence-corrected chi connectivity index (χ3v) is 5.24. The van der Waals surface area contributed by atoms with Gasteiger partial charge in [-0.05, 0) is 38.1 Å². The van der Waals surface area contributed by atoms with Crippen LogP contribution in [0.25, 0.3) is 0 Å². The highest BCUT2D eigenvalue weighted by atomic mass is 35.5. The first-order valence-electron chi connectivity index (χ1n) is 9.57. The number of para-hydroxylation sites is 1. The number of halogens is 2. The smallest absolute Gasteiger partial charge is 0.336 e. The first-order valence-corrected chi connectivity index (χ1v) is 9.57. The van der Waals surface area contributed by atoms with Crippen LogP contribution in [0.2, 0.25) is 0 Å². The number of anilines is 1. The summed E-state index contributed by atoms with van der Waals surface area (Å²) in [4.78, 5) is 28.8. The molecule has 0 atom stereocenters. The largest absolute Gasteiger partial charge is 0.468 e. The number of rotatable bonds is 5. The fourth-order valence-corrected chi connectivity index (χ4v) is 3.65. The Hall–Kier alpha value is -1.74. The van der Waals surface area contributed by atoms with Crippen LogP contribution in [0.5, 0.6) is 0 Å². The van der Waals surface area contributed by atoms with E-state index in [1.807, 2.05) is 35.2 Å².